The number of hydrogen-bond donors (Lipinski definition) is 0. The summed E-state index contributed by atoms with van der Waals surface area (Å²) in [6, 6.07) is 1.88. The predicted octanol–water partition coefficient (Wildman–Crippen LogP) is 4.35. The third kappa shape index (κ3) is 5.63. The molecule has 12 heteroatoms. The maximum atomic E-state index is 14.4. The molecule has 0 bridgehead atoms. The fourth-order valence-electron chi connectivity index (χ4n) is 2.21. The van der Waals surface area contributed by atoms with Gasteiger partial charge in [0.1, 0.15) is 16.0 Å². The highest BCUT2D eigenvalue weighted by Crippen LogP contribution is 2.38. The van der Waals surface area contributed by atoms with Gasteiger partial charge in [0.25, 0.3) is 0 Å². The van der Waals surface area contributed by atoms with Crippen LogP contribution in [-0.4, -0.2) is 41.5 Å². The lowest BCUT2D eigenvalue weighted by Gasteiger charge is -2.09. The average Bonchev–Trinajstić information content (AvgIpc) is 2.92. The van der Waals surface area contributed by atoms with Gasteiger partial charge in [0.15, 0.2) is 6.61 Å². The Morgan fingerprint density at radius 3 is 2.62 bits per heavy atom. The summed E-state index contributed by atoms with van der Waals surface area (Å²) in [5, 5.41) is 3.67. The van der Waals surface area contributed by atoms with Crippen LogP contribution in [0.2, 0.25) is 5.02 Å². The molecule has 2 rings (SSSR count). The van der Waals surface area contributed by atoms with Crippen LogP contribution in [-0.2, 0) is 21.3 Å². The van der Waals surface area contributed by atoms with Crippen LogP contribution in [0.5, 0.6) is 5.88 Å². The molecule has 158 valence electrons. The molecular formula is C17H15BrClF3N2O5. The number of aryl methyl sites for hydroxylation is 1. The van der Waals surface area contributed by atoms with Crippen molar-refractivity contribution in [1.82, 2.24) is 9.78 Å². The maximum Gasteiger partial charge on any atom is 0.388 e. The van der Waals surface area contributed by atoms with Gasteiger partial charge in [0.2, 0.25) is 5.88 Å². The summed E-state index contributed by atoms with van der Waals surface area (Å²) in [4.78, 5) is 23.7. The summed E-state index contributed by atoms with van der Waals surface area (Å²) < 4.78 is 54.4. The number of halogens is 5. The van der Waals surface area contributed by atoms with E-state index < -0.39 is 31.0 Å². The number of esters is 2. The topological polar surface area (TPSA) is 79.7 Å². The van der Waals surface area contributed by atoms with Crippen molar-refractivity contribution < 1.29 is 37.0 Å². The first-order valence-corrected chi connectivity index (χ1v) is 9.32. The van der Waals surface area contributed by atoms with Crippen molar-refractivity contribution in [2.24, 2.45) is 7.05 Å². The first kappa shape index (κ1) is 23.0. The number of aromatic nitrogens is 2. The van der Waals surface area contributed by atoms with Crippen molar-refractivity contribution >= 4 is 39.5 Å². The Bertz CT molecular complexity index is 923. The third-order valence-electron chi connectivity index (χ3n) is 3.46. The molecule has 0 aliphatic carbocycles. The number of rotatable bonds is 8. The Labute approximate surface area is 176 Å². The molecule has 0 radical (unpaired) electrons. The van der Waals surface area contributed by atoms with Gasteiger partial charge in [0.05, 0.1) is 17.2 Å². The first-order valence-electron chi connectivity index (χ1n) is 8.15. The predicted molar refractivity (Wildman–Crippen MR) is 99.5 cm³/mol. The first-order chi connectivity index (χ1) is 13.6. The van der Waals surface area contributed by atoms with E-state index >= 15 is 0 Å². The quantitative estimate of drug-likeness (QED) is 0.503. The molecule has 0 unspecified atom stereocenters. The smallest absolute Gasteiger partial charge is 0.388 e. The zero-order valence-corrected chi connectivity index (χ0v) is 17.5. The molecule has 7 nitrogen and oxygen atoms in total. The maximum absolute atomic E-state index is 14.4. The zero-order valence-electron chi connectivity index (χ0n) is 15.2. The Kier molecular flexibility index (Phi) is 7.91. The van der Waals surface area contributed by atoms with Gasteiger partial charge < -0.3 is 14.2 Å². The lowest BCUT2D eigenvalue weighted by Crippen LogP contribution is -2.17. The molecule has 1 aromatic heterocycles. The normalized spacial score (nSPS) is 10.9. The van der Waals surface area contributed by atoms with Crippen LogP contribution < -0.4 is 4.74 Å². The molecule has 0 amide bonds. The van der Waals surface area contributed by atoms with Crippen LogP contribution in [0.3, 0.4) is 0 Å². The summed E-state index contributed by atoms with van der Waals surface area (Å²) in [7, 11) is 1.32. The second kappa shape index (κ2) is 9.97. The highest BCUT2D eigenvalue weighted by atomic mass is 79.9. The molecule has 0 aliphatic heterocycles. The summed E-state index contributed by atoms with van der Waals surface area (Å²) >= 11 is 8.95. The number of alkyl halides is 2. The van der Waals surface area contributed by atoms with Crippen LogP contribution in [0.15, 0.2) is 16.6 Å². The molecule has 29 heavy (non-hydrogen) atoms. The summed E-state index contributed by atoms with van der Waals surface area (Å²) in [6.07, 6.45) is 0.600. The van der Waals surface area contributed by atoms with Crippen molar-refractivity contribution in [1.29, 1.82) is 0 Å². The van der Waals surface area contributed by atoms with Crippen LogP contribution >= 0.6 is 27.5 Å². The number of benzene rings is 1. The van der Waals surface area contributed by atoms with Gasteiger partial charge in [-0.25, -0.2) is 18.7 Å². The highest BCUT2D eigenvalue weighted by molar-refractivity contribution is 9.10. The van der Waals surface area contributed by atoms with E-state index in [1.54, 1.807) is 6.92 Å². The Morgan fingerprint density at radius 2 is 2.00 bits per heavy atom. The van der Waals surface area contributed by atoms with Crippen molar-refractivity contribution in [3.63, 3.8) is 0 Å². The summed E-state index contributed by atoms with van der Waals surface area (Å²) in [5.74, 6) is -2.95. The standard InChI is InChI=1S/C17H15BrClF3N2O5/c1-3-4-27-12(25)7-28-16(26)8-5-9(11(20)6-10(8)19)14-13(18)15(24(2)23-14)29-17(21)22/h5-6,17H,3-4,7H2,1-2H3. The highest BCUT2D eigenvalue weighted by Gasteiger charge is 2.25. The summed E-state index contributed by atoms with van der Waals surface area (Å²) in [6.45, 7) is -1.80. The Morgan fingerprint density at radius 1 is 1.31 bits per heavy atom. The van der Waals surface area contributed by atoms with E-state index in [4.69, 9.17) is 21.1 Å². The van der Waals surface area contributed by atoms with Gasteiger partial charge >= 0.3 is 18.6 Å². The van der Waals surface area contributed by atoms with E-state index in [-0.39, 0.29) is 38.8 Å². The number of carbonyl (C=O) groups excluding carboxylic acids is 2. The number of ether oxygens (including phenoxy) is 3. The van der Waals surface area contributed by atoms with E-state index in [0.29, 0.717) is 6.42 Å². The lowest BCUT2D eigenvalue weighted by atomic mass is 10.1. The van der Waals surface area contributed by atoms with E-state index in [9.17, 15) is 22.8 Å². The fraction of sp³-hybridized carbons (Fsp3) is 0.353. The minimum Gasteiger partial charge on any atom is -0.463 e. The van der Waals surface area contributed by atoms with E-state index in [1.165, 1.54) is 7.05 Å². The Balaban J connectivity index is 2.32. The van der Waals surface area contributed by atoms with Crippen LogP contribution in [0, 0.1) is 5.82 Å². The van der Waals surface area contributed by atoms with Crippen molar-refractivity contribution in [3.05, 3.63) is 33.0 Å². The van der Waals surface area contributed by atoms with E-state index in [1.807, 2.05) is 0 Å². The van der Waals surface area contributed by atoms with Crippen LogP contribution in [0.25, 0.3) is 11.3 Å². The number of hydrogen-bond acceptors (Lipinski definition) is 6. The van der Waals surface area contributed by atoms with Gasteiger partial charge in [0, 0.05) is 12.6 Å². The summed E-state index contributed by atoms with van der Waals surface area (Å²) in [5.41, 5.74) is -0.574. The molecule has 1 aromatic carbocycles. The molecule has 1 heterocycles. The van der Waals surface area contributed by atoms with Crippen molar-refractivity contribution in [2.75, 3.05) is 13.2 Å². The fourth-order valence-corrected chi connectivity index (χ4v) is 3.08. The zero-order chi connectivity index (χ0) is 21.7. The van der Waals surface area contributed by atoms with Gasteiger partial charge in [-0.15, -0.1) is 0 Å². The van der Waals surface area contributed by atoms with E-state index in [0.717, 1.165) is 16.8 Å². The number of nitrogens with zero attached hydrogens (tertiary/aromatic N) is 2. The third-order valence-corrected chi connectivity index (χ3v) is 4.49. The lowest BCUT2D eigenvalue weighted by molar-refractivity contribution is -0.147. The van der Waals surface area contributed by atoms with Gasteiger partial charge in [-0.2, -0.15) is 13.9 Å². The largest absolute Gasteiger partial charge is 0.463 e. The molecule has 0 spiro atoms. The number of carbonyl (C=O) groups is 2. The second-order valence-electron chi connectivity index (χ2n) is 5.58. The molecule has 2 aromatic rings. The van der Waals surface area contributed by atoms with Crippen LogP contribution in [0.4, 0.5) is 13.2 Å². The SMILES string of the molecule is CCCOC(=O)COC(=O)c1cc(-c2nn(C)c(OC(F)F)c2Br)c(F)cc1Cl. The minimum absolute atomic E-state index is 0.0519. The second-order valence-corrected chi connectivity index (χ2v) is 6.78. The molecule has 0 aliphatic rings. The molecule has 0 N–H and O–H groups in total. The minimum atomic E-state index is -3.12. The Hall–Kier alpha value is -2.27. The average molecular weight is 500 g/mol. The van der Waals surface area contributed by atoms with Crippen LogP contribution in [0.1, 0.15) is 23.7 Å². The monoisotopic (exact) mass is 498 g/mol. The van der Waals surface area contributed by atoms with Gasteiger partial charge in [-0.3, -0.25) is 0 Å². The van der Waals surface area contributed by atoms with E-state index in [2.05, 4.69) is 25.8 Å². The van der Waals surface area contributed by atoms with Crippen molar-refractivity contribution in [2.45, 2.75) is 20.0 Å². The molecule has 0 fully saturated rings. The molecule has 0 atom stereocenters. The van der Waals surface area contributed by atoms with Gasteiger partial charge in [-0.05, 0) is 34.5 Å². The molecule has 0 saturated heterocycles. The van der Waals surface area contributed by atoms with Crippen molar-refractivity contribution in [3.8, 4) is 17.1 Å². The van der Waals surface area contributed by atoms with Gasteiger partial charge in [-0.1, -0.05) is 18.5 Å². The molecule has 0 saturated carbocycles. The molecular weight excluding hydrogens is 485 g/mol.